The number of carbonyl (C=O) groups is 2. The van der Waals surface area contributed by atoms with Crippen molar-refractivity contribution < 1.29 is 18.8 Å². The molecule has 1 heterocycles. The summed E-state index contributed by atoms with van der Waals surface area (Å²) in [4.78, 5) is 24.2. The molecule has 0 bridgehead atoms. The molecule has 0 spiro atoms. The van der Waals surface area contributed by atoms with Crippen molar-refractivity contribution in [1.29, 1.82) is 0 Å². The molecule has 0 fully saturated rings. The SMILES string of the molecule is CCN(C(=O)COC(C)=O)c1cc(-c2ccc(Cl)cc2)on1. The molecule has 0 saturated carbocycles. The van der Waals surface area contributed by atoms with Crippen molar-refractivity contribution in [1.82, 2.24) is 5.16 Å². The van der Waals surface area contributed by atoms with Crippen LogP contribution in [0.4, 0.5) is 5.82 Å². The topological polar surface area (TPSA) is 72.6 Å². The predicted molar refractivity (Wildman–Crippen MR) is 81.6 cm³/mol. The van der Waals surface area contributed by atoms with Crippen LogP contribution in [-0.4, -0.2) is 30.2 Å². The van der Waals surface area contributed by atoms with Gasteiger partial charge in [-0.1, -0.05) is 16.8 Å². The zero-order valence-electron chi connectivity index (χ0n) is 12.2. The fraction of sp³-hybridized carbons (Fsp3) is 0.267. The maximum atomic E-state index is 12.0. The molecule has 1 amide bonds. The molecule has 7 heteroatoms. The van der Waals surface area contributed by atoms with Gasteiger partial charge in [-0.2, -0.15) is 0 Å². The molecule has 0 aliphatic rings. The summed E-state index contributed by atoms with van der Waals surface area (Å²) in [7, 11) is 0. The summed E-state index contributed by atoms with van der Waals surface area (Å²) in [6.07, 6.45) is 0. The van der Waals surface area contributed by atoms with Crippen molar-refractivity contribution in [2.24, 2.45) is 0 Å². The van der Waals surface area contributed by atoms with E-state index in [1.165, 1.54) is 11.8 Å². The number of rotatable bonds is 5. The Morgan fingerprint density at radius 1 is 1.32 bits per heavy atom. The summed E-state index contributed by atoms with van der Waals surface area (Å²) in [6.45, 7) is 3.10. The monoisotopic (exact) mass is 322 g/mol. The summed E-state index contributed by atoms with van der Waals surface area (Å²) < 4.78 is 9.96. The van der Waals surface area contributed by atoms with Gasteiger partial charge in [0.15, 0.2) is 18.2 Å². The van der Waals surface area contributed by atoms with E-state index in [4.69, 9.17) is 20.9 Å². The maximum Gasteiger partial charge on any atom is 0.303 e. The number of hydrogen-bond donors (Lipinski definition) is 0. The highest BCUT2D eigenvalue weighted by Gasteiger charge is 2.19. The molecular formula is C15H15ClN2O4. The van der Waals surface area contributed by atoms with Crippen LogP contribution in [0.3, 0.4) is 0 Å². The molecule has 0 saturated heterocycles. The lowest BCUT2D eigenvalue weighted by molar-refractivity contribution is -0.145. The summed E-state index contributed by atoms with van der Waals surface area (Å²) in [5.41, 5.74) is 0.798. The number of esters is 1. The zero-order chi connectivity index (χ0) is 16.1. The molecule has 2 rings (SSSR count). The van der Waals surface area contributed by atoms with E-state index in [-0.39, 0.29) is 12.5 Å². The second kappa shape index (κ2) is 7.09. The molecular weight excluding hydrogens is 308 g/mol. The van der Waals surface area contributed by atoms with Gasteiger partial charge in [-0.25, -0.2) is 0 Å². The minimum atomic E-state index is -0.508. The standard InChI is InChI=1S/C15H15ClN2O4/c1-3-18(15(20)9-21-10(2)19)14-8-13(22-17-14)11-4-6-12(16)7-5-11/h4-8H,3,9H2,1-2H3. The molecule has 0 radical (unpaired) electrons. The third kappa shape index (κ3) is 3.85. The number of anilines is 1. The fourth-order valence-corrected chi connectivity index (χ4v) is 1.98. The molecule has 2 aromatic rings. The second-order valence-corrected chi connectivity index (χ2v) is 4.91. The van der Waals surface area contributed by atoms with E-state index in [2.05, 4.69) is 5.16 Å². The Hall–Kier alpha value is -2.34. The Balaban J connectivity index is 2.15. The van der Waals surface area contributed by atoms with E-state index in [0.717, 1.165) is 5.56 Å². The van der Waals surface area contributed by atoms with Gasteiger partial charge in [0.1, 0.15) is 0 Å². The maximum absolute atomic E-state index is 12.0. The van der Waals surface area contributed by atoms with E-state index >= 15 is 0 Å². The quantitative estimate of drug-likeness (QED) is 0.791. The Morgan fingerprint density at radius 3 is 2.59 bits per heavy atom. The van der Waals surface area contributed by atoms with Gasteiger partial charge in [0.2, 0.25) is 0 Å². The zero-order valence-corrected chi connectivity index (χ0v) is 13.0. The third-order valence-corrected chi connectivity index (χ3v) is 3.17. The van der Waals surface area contributed by atoms with Gasteiger partial charge < -0.3 is 9.26 Å². The van der Waals surface area contributed by atoms with Gasteiger partial charge in [0.05, 0.1) is 0 Å². The molecule has 22 heavy (non-hydrogen) atoms. The van der Waals surface area contributed by atoms with Gasteiger partial charge in [-0.3, -0.25) is 14.5 Å². The van der Waals surface area contributed by atoms with E-state index in [9.17, 15) is 9.59 Å². The number of benzene rings is 1. The highest BCUT2D eigenvalue weighted by molar-refractivity contribution is 6.30. The van der Waals surface area contributed by atoms with E-state index in [0.29, 0.717) is 23.1 Å². The molecule has 6 nitrogen and oxygen atoms in total. The van der Waals surface area contributed by atoms with Crippen LogP contribution >= 0.6 is 11.6 Å². The van der Waals surface area contributed by atoms with Crippen LogP contribution < -0.4 is 4.90 Å². The highest BCUT2D eigenvalue weighted by atomic mass is 35.5. The number of carbonyl (C=O) groups excluding carboxylic acids is 2. The molecule has 1 aromatic carbocycles. The van der Waals surface area contributed by atoms with Crippen LogP contribution in [0.2, 0.25) is 5.02 Å². The largest absolute Gasteiger partial charge is 0.456 e. The number of nitrogens with zero attached hydrogens (tertiary/aromatic N) is 2. The molecule has 0 aliphatic carbocycles. The van der Waals surface area contributed by atoms with Crippen molar-refractivity contribution in [3.05, 3.63) is 35.4 Å². The van der Waals surface area contributed by atoms with Crippen molar-refractivity contribution in [2.75, 3.05) is 18.1 Å². The first-order valence-electron chi connectivity index (χ1n) is 6.67. The normalized spacial score (nSPS) is 10.3. The summed E-state index contributed by atoms with van der Waals surface area (Å²) in [5, 5.41) is 4.51. The van der Waals surface area contributed by atoms with E-state index < -0.39 is 5.97 Å². The van der Waals surface area contributed by atoms with E-state index in [1.54, 1.807) is 37.3 Å². The Labute approximate surface area is 132 Å². The minimum Gasteiger partial charge on any atom is -0.456 e. The molecule has 0 atom stereocenters. The third-order valence-electron chi connectivity index (χ3n) is 2.92. The lowest BCUT2D eigenvalue weighted by atomic mass is 10.2. The van der Waals surface area contributed by atoms with Crippen LogP contribution in [-0.2, 0) is 14.3 Å². The van der Waals surface area contributed by atoms with Gasteiger partial charge >= 0.3 is 5.97 Å². The summed E-state index contributed by atoms with van der Waals surface area (Å²) in [6, 6.07) is 8.72. The number of halogens is 1. The van der Waals surface area contributed by atoms with Crippen molar-refractivity contribution >= 4 is 29.3 Å². The first-order valence-corrected chi connectivity index (χ1v) is 7.05. The molecule has 1 aromatic heterocycles. The first kappa shape index (κ1) is 16.0. The minimum absolute atomic E-state index is 0.327. The van der Waals surface area contributed by atoms with Crippen LogP contribution in [0.25, 0.3) is 11.3 Å². The number of amides is 1. The highest BCUT2D eigenvalue weighted by Crippen LogP contribution is 2.25. The Morgan fingerprint density at radius 2 is 2.00 bits per heavy atom. The van der Waals surface area contributed by atoms with Crippen molar-refractivity contribution in [3.63, 3.8) is 0 Å². The number of hydrogen-bond acceptors (Lipinski definition) is 5. The van der Waals surface area contributed by atoms with Crippen LogP contribution in [0.1, 0.15) is 13.8 Å². The average molecular weight is 323 g/mol. The van der Waals surface area contributed by atoms with Gasteiger partial charge in [-0.05, 0) is 31.2 Å². The predicted octanol–water partition coefficient (Wildman–Crippen LogP) is 2.91. The molecule has 0 N–H and O–H groups in total. The second-order valence-electron chi connectivity index (χ2n) is 4.47. The fourth-order valence-electron chi connectivity index (χ4n) is 1.85. The number of likely N-dealkylation sites (N-methyl/N-ethyl adjacent to an activating group) is 1. The molecule has 116 valence electrons. The Kier molecular flexibility index (Phi) is 5.16. The number of aromatic nitrogens is 1. The van der Waals surface area contributed by atoms with Crippen LogP contribution in [0.15, 0.2) is 34.9 Å². The number of ether oxygens (including phenoxy) is 1. The summed E-state index contributed by atoms with van der Waals surface area (Å²) >= 11 is 5.84. The van der Waals surface area contributed by atoms with E-state index in [1.807, 2.05) is 0 Å². The first-order chi connectivity index (χ1) is 10.5. The van der Waals surface area contributed by atoms with Gasteiger partial charge in [-0.15, -0.1) is 0 Å². The van der Waals surface area contributed by atoms with Crippen LogP contribution in [0, 0.1) is 0 Å². The van der Waals surface area contributed by atoms with Crippen molar-refractivity contribution in [2.45, 2.75) is 13.8 Å². The summed E-state index contributed by atoms with van der Waals surface area (Å²) in [5.74, 6) is 0.00932. The molecule has 0 aliphatic heterocycles. The average Bonchev–Trinajstić information content (AvgIpc) is 2.96. The lowest BCUT2D eigenvalue weighted by Crippen LogP contribution is -2.34. The van der Waals surface area contributed by atoms with Crippen molar-refractivity contribution in [3.8, 4) is 11.3 Å². The smallest absolute Gasteiger partial charge is 0.303 e. The van der Waals surface area contributed by atoms with Crippen LogP contribution in [0.5, 0.6) is 0 Å². The molecule has 0 unspecified atom stereocenters. The van der Waals surface area contributed by atoms with Gasteiger partial charge in [0, 0.05) is 30.1 Å². The lowest BCUT2D eigenvalue weighted by Gasteiger charge is -2.16. The Bertz CT molecular complexity index is 666. The van der Waals surface area contributed by atoms with Gasteiger partial charge in [0.25, 0.3) is 5.91 Å².